The molecule has 3 rings (SSSR count). The van der Waals surface area contributed by atoms with Gasteiger partial charge in [0.15, 0.2) is 0 Å². The highest BCUT2D eigenvalue weighted by Gasteiger charge is 2.33. The van der Waals surface area contributed by atoms with Crippen molar-refractivity contribution < 1.29 is 23.9 Å². The highest BCUT2D eigenvalue weighted by Crippen LogP contribution is 2.29. The number of nitrogens with one attached hydrogen (secondary N) is 2. The van der Waals surface area contributed by atoms with Crippen molar-refractivity contribution in [3.8, 4) is 5.75 Å². The van der Waals surface area contributed by atoms with Gasteiger partial charge in [0, 0.05) is 6.42 Å². The molecule has 1 heterocycles. The average Bonchev–Trinajstić information content (AvgIpc) is 3.10. The van der Waals surface area contributed by atoms with Crippen molar-refractivity contribution in [3.05, 3.63) is 41.5 Å². The molecule has 1 aromatic carbocycles. The molecular formula is C16H13Cl3N2O5. The Morgan fingerprint density at radius 2 is 2.04 bits per heavy atom. The molecule has 0 saturated heterocycles. The molecule has 2 atom stereocenters. The largest absolute Gasteiger partial charge is 0.487 e. The molecule has 0 radical (unpaired) electrons. The van der Waals surface area contributed by atoms with E-state index in [1.54, 1.807) is 24.3 Å². The molecule has 0 saturated carbocycles. The van der Waals surface area contributed by atoms with Gasteiger partial charge in [0.2, 0.25) is 3.79 Å². The standard InChI is InChI=1S/C16H13Cl3N2O5/c17-16(18,19)7-25-15(24)20-9-4-2-5-10(9)26-11-6-1-3-8-12(11)14(23)21-13(8)22/h1-4,6,9-10H,5,7H2,(H,20,24)(H,21,22,23)/t9-,10+/m1/s1. The molecule has 0 fully saturated rings. The molecule has 138 valence electrons. The number of alkyl carbamates (subject to hydrolysis) is 1. The first-order chi connectivity index (χ1) is 12.2. The molecule has 26 heavy (non-hydrogen) atoms. The maximum absolute atomic E-state index is 12.0. The van der Waals surface area contributed by atoms with Crippen LogP contribution < -0.4 is 15.4 Å². The van der Waals surface area contributed by atoms with Crippen LogP contribution >= 0.6 is 34.8 Å². The normalized spacial score (nSPS) is 21.3. The molecule has 1 aliphatic heterocycles. The first-order valence-electron chi connectivity index (χ1n) is 7.56. The number of benzene rings is 1. The van der Waals surface area contributed by atoms with Crippen molar-refractivity contribution in [3.63, 3.8) is 0 Å². The van der Waals surface area contributed by atoms with Gasteiger partial charge in [-0.25, -0.2) is 4.79 Å². The van der Waals surface area contributed by atoms with Crippen LogP contribution in [0.3, 0.4) is 0 Å². The molecule has 0 unspecified atom stereocenters. The lowest BCUT2D eigenvalue weighted by atomic mass is 10.1. The summed E-state index contributed by atoms with van der Waals surface area (Å²) in [4.78, 5) is 35.5. The number of imide groups is 1. The van der Waals surface area contributed by atoms with Gasteiger partial charge in [-0.2, -0.15) is 0 Å². The third kappa shape index (κ3) is 4.23. The zero-order valence-electron chi connectivity index (χ0n) is 13.1. The van der Waals surface area contributed by atoms with E-state index in [0.717, 1.165) is 0 Å². The van der Waals surface area contributed by atoms with E-state index in [0.29, 0.717) is 6.42 Å². The fourth-order valence-electron chi connectivity index (χ4n) is 2.67. The van der Waals surface area contributed by atoms with Gasteiger partial charge in [-0.15, -0.1) is 0 Å². The van der Waals surface area contributed by atoms with Crippen molar-refractivity contribution in [2.75, 3.05) is 6.61 Å². The Labute approximate surface area is 163 Å². The number of halogens is 3. The maximum atomic E-state index is 12.0. The summed E-state index contributed by atoms with van der Waals surface area (Å²) in [6, 6.07) is 4.24. The minimum absolute atomic E-state index is 0.182. The fraction of sp³-hybridized carbons (Fsp3) is 0.312. The van der Waals surface area contributed by atoms with Gasteiger partial charge in [0.1, 0.15) is 18.5 Å². The predicted molar refractivity (Wildman–Crippen MR) is 95.0 cm³/mol. The molecule has 0 aromatic heterocycles. The number of carbonyl (C=O) groups excluding carboxylic acids is 3. The van der Waals surface area contributed by atoms with E-state index in [1.165, 1.54) is 0 Å². The highest BCUT2D eigenvalue weighted by molar-refractivity contribution is 6.67. The first-order valence-corrected chi connectivity index (χ1v) is 8.70. The number of fused-ring (bicyclic) bond motifs is 1. The Morgan fingerprint density at radius 1 is 1.27 bits per heavy atom. The van der Waals surface area contributed by atoms with E-state index in [-0.39, 0.29) is 16.9 Å². The van der Waals surface area contributed by atoms with Crippen molar-refractivity contribution in [2.45, 2.75) is 22.4 Å². The minimum Gasteiger partial charge on any atom is -0.487 e. The summed E-state index contributed by atoms with van der Waals surface area (Å²) in [7, 11) is 0. The zero-order valence-corrected chi connectivity index (χ0v) is 15.4. The van der Waals surface area contributed by atoms with Crippen molar-refractivity contribution >= 4 is 52.7 Å². The Morgan fingerprint density at radius 3 is 2.77 bits per heavy atom. The summed E-state index contributed by atoms with van der Waals surface area (Å²) < 4.78 is 8.99. The van der Waals surface area contributed by atoms with Gasteiger partial charge >= 0.3 is 6.09 Å². The molecule has 2 N–H and O–H groups in total. The van der Waals surface area contributed by atoms with Gasteiger partial charge in [0.05, 0.1) is 17.2 Å². The van der Waals surface area contributed by atoms with Crippen molar-refractivity contribution in [1.82, 2.24) is 10.6 Å². The molecule has 1 aliphatic carbocycles. The smallest absolute Gasteiger partial charge is 0.407 e. The summed E-state index contributed by atoms with van der Waals surface area (Å²) in [6.07, 6.45) is 2.79. The van der Waals surface area contributed by atoms with Crippen LogP contribution in [0.1, 0.15) is 27.1 Å². The maximum Gasteiger partial charge on any atom is 0.407 e. The van der Waals surface area contributed by atoms with Crippen LogP contribution in [0.4, 0.5) is 4.79 Å². The lowest BCUT2D eigenvalue weighted by Crippen LogP contribution is -2.43. The Hall–Kier alpha value is -1.96. The number of alkyl halides is 3. The number of rotatable bonds is 4. The van der Waals surface area contributed by atoms with E-state index in [9.17, 15) is 14.4 Å². The molecule has 7 nitrogen and oxygen atoms in total. The predicted octanol–water partition coefficient (Wildman–Crippen LogP) is 2.74. The molecule has 10 heteroatoms. The van der Waals surface area contributed by atoms with Crippen LogP contribution in [0.5, 0.6) is 5.75 Å². The Bertz CT molecular complexity index is 791. The van der Waals surface area contributed by atoms with Crippen molar-refractivity contribution in [2.24, 2.45) is 0 Å². The van der Waals surface area contributed by atoms with Gasteiger partial charge < -0.3 is 14.8 Å². The lowest BCUT2D eigenvalue weighted by molar-refractivity contribution is 0.0876. The van der Waals surface area contributed by atoms with Crippen LogP contribution in [0, 0.1) is 0 Å². The monoisotopic (exact) mass is 418 g/mol. The Balaban J connectivity index is 1.67. The molecule has 2 aliphatic rings. The summed E-state index contributed by atoms with van der Waals surface area (Å²) in [6.45, 7) is -0.403. The van der Waals surface area contributed by atoms with Crippen LogP contribution in [-0.2, 0) is 4.74 Å². The van der Waals surface area contributed by atoms with E-state index < -0.39 is 40.5 Å². The molecule has 0 bridgehead atoms. The van der Waals surface area contributed by atoms with Crippen LogP contribution in [-0.4, -0.2) is 40.5 Å². The topological polar surface area (TPSA) is 93.7 Å². The summed E-state index contributed by atoms with van der Waals surface area (Å²) in [5.41, 5.74) is 0.437. The van der Waals surface area contributed by atoms with E-state index in [4.69, 9.17) is 44.3 Å². The average molecular weight is 420 g/mol. The third-order valence-corrected chi connectivity index (χ3v) is 4.09. The second kappa shape index (κ2) is 7.34. The van der Waals surface area contributed by atoms with Crippen molar-refractivity contribution in [1.29, 1.82) is 0 Å². The first kappa shape index (κ1) is 18.8. The summed E-state index contributed by atoms with van der Waals surface area (Å²) in [5, 5.41) is 4.81. The van der Waals surface area contributed by atoms with E-state index >= 15 is 0 Å². The Kier molecular flexibility index (Phi) is 5.32. The van der Waals surface area contributed by atoms with Crippen LogP contribution in [0.2, 0.25) is 0 Å². The molecule has 0 spiro atoms. The fourth-order valence-corrected chi connectivity index (χ4v) is 2.83. The second-order valence-electron chi connectivity index (χ2n) is 5.64. The number of hydrogen-bond donors (Lipinski definition) is 2. The molecule has 1 aromatic rings. The number of amides is 3. The third-order valence-electron chi connectivity index (χ3n) is 3.77. The highest BCUT2D eigenvalue weighted by atomic mass is 35.6. The quantitative estimate of drug-likeness (QED) is 0.445. The molecule has 3 amide bonds. The van der Waals surface area contributed by atoms with Gasteiger partial charge in [-0.1, -0.05) is 53.0 Å². The van der Waals surface area contributed by atoms with E-state index in [2.05, 4.69) is 10.6 Å². The van der Waals surface area contributed by atoms with E-state index in [1.807, 2.05) is 6.08 Å². The summed E-state index contributed by atoms with van der Waals surface area (Å²) in [5.74, 6) is -0.718. The molecular weight excluding hydrogens is 407 g/mol. The van der Waals surface area contributed by atoms with Gasteiger partial charge in [-0.3, -0.25) is 14.9 Å². The van der Waals surface area contributed by atoms with Gasteiger partial charge in [-0.05, 0) is 12.1 Å². The second-order valence-corrected chi connectivity index (χ2v) is 8.16. The van der Waals surface area contributed by atoms with Crippen LogP contribution in [0.15, 0.2) is 30.4 Å². The lowest BCUT2D eigenvalue weighted by Gasteiger charge is -2.23. The van der Waals surface area contributed by atoms with Crippen LogP contribution in [0.25, 0.3) is 0 Å². The minimum atomic E-state index is -1.71. The summed E-state index contributed by atoms with van der Waals surface area (Å²) >= 11 is 16.6. The number of ether oxygens (including phenoxy) is 2. The van der Waals surface area contributed by atoms with Gasteiger partial charge in [0.25, 0.3) is 11.8 Å². The SMILES string of the molecule is O=C(N[C@@H]1C=CC[C@@H]1Oc1cccc2c1C(=O)NC2=O)OCC(Cl)(Cl)Cl. The number of hydrogen-bond acceptors (Lipinski definition) is 5. The zero-order chi connectivity index (χ0) is 18.9. The number of carbonyl (C=O) groups is 3.